The number of pyridine rings is 2. The van der Waals surface area contributed by atoms with Gasteiger partial charge in [-0.3, -0.25) is 9.97 Å². The van der Waals surface area contributed by atoms with Gasteiger partial charge in [-0.15, -0.1) is 0 Å². The van der Waals surface area contributed by atoms with Crippen molar-refractivity contribution in [2.45, 2.75) is 26.2 Å². The van der Waals surface area contributed by atoms with E-state index in [0.717, 1.165) is 56.4 Å². The SMILES string of the molecule is COc1cc2c(Cc3cnc4ccccc4c3)cnc(C(C)C)c2cc1OC. The molecule has 0 unspecified atom stereocenters. The third kappa shape index (κ3) is 3.26. The zero-order chi connectivity index (χ0) is 19.7. The van der Waals surface area contributed by atoms with Gasteiger partial charge in [0, 0.05) is 29.6 Å². The average molecular weight is 372 g/mol. The van der Waals surface area contributed by atoms with Gasteiger partial charge >= 0.3 is 0 Å². The Bertz CT molecular complexity index is 1150. The molecule has 2 heterocycles. The first-order valence-corrected chi connectivity index (χ1v) is 9.48. The van der Waals surface area contributed by atoms with Gasteiger partial charge in [0.25, 0.3) is 0 Å². The average Bonchev–Trinajstić information content (AvgIpc) is 2.72. The fourth-order valence-corrected chi connectivity index (χ4v) is 3.68. The molecule has 0 saturated carbocycles. The van der Waals surface area contributed by atoms with E-state index in [1.807, 2.05) is 36.7 Å². The van der Waals surface area contributed by atoms with Gasteiger partial charge in [-0.1, -0.05) is 32.0 Å². The van der Waals surface area contributed by atoms with E-state index in [9.17, 15) is 0 Å². The number of fused-ring (bicyclic) bond motifs is 2. The van der Waals surface area contributed by atoms with Crippen molar-refractivity contribution in [2.24, 2.45) is 0 Å². The summed E-state index contributed by atoms with van der Waals surface area (Å²) in [6.07, 6.45) is 4.69. The van der Waals surface area contributed by atoms with Crippen LogP contribution in [0.4, 0.5) is 0 Å². The molecule has 0 aliphatic heterocycles. The third-order valence-electron chi connectivity index (χ3n) is 5.09. The molecule has 4 rings (SSSR count). The van der Waals surface area contributed by atoms with Gasteiger partial charge in [-0.25, -0.2) is 0 Å². The fourth-order valence-electron chi connectivity index (χ4n) is 3.68. The van der Waals surface area contributed by atoms with Gasteiger partial charge in [0.15, 0.2) is 11.5 Å². The van der Waals surface area contributed by atoms with Crippen LogP contribution in [0.25, 0.3) is 21.7 Å². The second-order valence-electron chi connectivity index (χ2n) is 7.29. The van der Waals surface area contributed by atoms with E-state index >= 15 is 0 Å². The van der Waals surface area contributed by atoms with Crippen LogP contribution < -0.4 is 9.47 Å². The lowest BCUT2D eigenvalue weighted by Gasteiger charge is -2.16. The molecule has 0 amide bonds. The van der Waals surface area contributed by atoms with Crippen molar-refractivity contribution in [1.82, 2.24) is 9.97 Å². The highest BCUT2D eigenvalue weighted by Gasteiger charge is 2.15. The second kappa shape index (κ2) is 7.47. The lowest BCUT2D eigenvalue weighted by molar-refractivity contribution is 0.356. The van der Waals surface area contributed by atoms with E-state index in [0.29, 0.717) is 5.92 Å². The highest BCUT2D eigenvalue weighted by atomic mass is 16.5. The van der Waals surface area contributed by atoms with Crippen LogP contribution in [0.15, 0.2) is 54.9 Å². The third-order valence-corrected chi connectivity index (χ3v) is 5.09. The molecular weight excluding hydrogens is 348 g/mol. The zero-order valence-electron chi connectivity index (χ0n) is 16.7. The van der Waals surface area contributed by atoms with Crippen LogP contribution >= 0.6 is 0 Å². The van der Waals surface area contributed by atoms with Gasteiger partial charge in [-0.05, 0) is 46.7 Å². The van der Waals surface area contributed by atoms with Gasteiger partial charge in [0.2, 0.25) is 0 Å². The van der Waals surface area contributed by atoms with E-state index in [1.165, 1.54) is 0 Å². The van der Waals surface area contributed by atoms with Crippen LogP contribution in [0.5, 0.6) is 11.5 Å². The van der Waals surface area contributed by atoms with Gasteiger partial charge in [0.1, 0.15) is 0 Å². The van der Waals surface area contributed by atoms with E-state index in [-0.39, 0.29) is 0 Å². The maximum atomic E-state index is 5.55. The molecule has 0 N–H and O–H groups in total. The summed E-state index contributed by atoms with van der Waals surface area (Å²) in [5.41, 5.74) is 4.39. The molecule has 0 bridgehead atoms. The maximum Gasteiger partial charge on any atom is 0.161 e. The molecular formula is C24H24N2O2. The predicted molar refractivity (Wildman–Crippen MR) is 113 cm³/mol. The molecule has 4 aromatic rings. The highest BCUT2D eigenvalue weighted by molar-refractivity contribution is 5.91. The quantitative estimate of drug-likeness (QED) is 0.463. The molecule has 0 radical (unpaired) electrons. The summed E-state index contributed by atoms with van der Waals surface area (Å²) in [5.74, 6) is 1.77. The van der Waals surface area contributed by atoms with Crippen LogP contribution in [-0.2, 0) is 6.42 Å². The number of rotatable bonds is 5. The van der Waals surface area contributed by atoms with E-state index in [2.05, 4.69) is 37.0 Å². The van der Waals surface area contributed by atoms with E-state index in [4.69, 9.17) is 14.5 Å². The summed E-state index contributed by atoms with van der Waals surface area (Å²) in [7, 11) is 3.33. The van der Waals surface area contributed by atoms with Crippen LogP contribution in [0, 0.1) is 0 Å². The number of hydrogen-bond donors (Lipinski definition) is 0. The molecule has 0 spiro atoms. The van der Waals surface area contributed by atoms with Crippen LogP contribution in [0.1, 0.15) is 36.6 Å². The smallest absolute Gasteiger partial charge is 0.161 e. The summed E-state index contributed by atoms with van der Waals surface area (Å²) >= 11 is 0. The molecule has 0 fully saturated rings. The minimum atomic E-state index is 0.317. The maximum absolute atomic E-state index is 5.55. The number of ether oxygens (including phenoxy) is 2. The first kappa shape index (κ1) is 18.2. The number of aromatic nitrogens is 2. The second-order valence-corrected chi connectivity index (χ2v) is 7.29. The summed E-state index contributed by atoms with van der Waals surface area (Å²) in [4.78, 5) is 9.38. The van der Waals surface area contributed by atoms with Crippen molar-refractivity contribution in [2.75, 3.05) is 14.2 Å². The number of benzene rings is 2. The predicted octanol–water partition coefficient (Wildman–Crippen LogP) is 5.51. The normalized spacial score (nSPS) is 11.3. The lowest BCUT2D eigenvalue weighted by Crippen LogP contribution is -2.01. The summed E-state index contributed by atoms with van der Waals surface area (Å²) < 4.78 is 11.1. The molecule has 142 valence electrons. The van der Waals surface area contributed by atoms with Gasteiger partial charge < -0.3 is 9.47 Å². The Balaban J connectivity index is 1.86. The standard InChI is InChI=1S/C24H24N2O2/c1-15(2)24-20-12-23(28-4)22(27-3)11-19(20)18(14-26-24)10-16-9-17-7-5-6-8-21(17)25-13-16/h5-9,11-15H,10H2,1-4H3. The molecule has 0 aliphatic carbocycles. The Morgan fingerprint density at radius 2 is 1.57 bits per heavy atom. The monoisotopic (exact) mass is 372 g/mol. The fraction of sp³-hybridized carbons (Fsp3) is 0.250. The molecule has 4 heteroatoms. The van der Waals surface area contributed by atoms with Gasteiger partial charge in [-0.2, -0.15) is 0 Å². The molecule has 28 heavy (non-hydrogen) atoms. The van der Waals surface area contributed by atoms with Crippen LogP contribution in [0.2, 0.25) is 0 Å². The van der Waals surface area contributed by atoms with Crippen molar-refractivity contribution in [3.05, 3.63) is 71.7 Å². The van der Waals surface area contributed by atoms with Crippen LogP contribution in [0.3, 0.4) is 0 Å². The molecule has 4 nitrogen and oxygen atoms in total. The Morgan fingerprint density at radius 3 is 2.29 bits per heavy atom. The molecule has 2 aromatic heterocycles. The number of para-hydroxylation sites is 1. The van der Waals surface area contributed by atoms with Crippen molar-refractivity contribution in [1.29, 1.82) is 0 Å². The molecule has 0 atom stereocenters. The largest absolute Gasteiger partial charge is 0.493 e. The topological polar surface area (TPSA) is 44.2 Å². The Hall–Kier alpha value is -3.14. The minimum Gasteiger partial charge on any atom is -0.493 e. The van der Waals surface area contributed by atoms with Crippen LogP contribution in [-0.4, -0.2) is 24.2 Å². The van der Waals surface area contributed by atoms with Crippen molar-refractivity contribution in [3.63, 3.8) is 0 Å². The molecule has 0 saturated heterocycles. The lowest BCUT2D eigenvalue weighted by atomic mass is 9.95. The first-order valence-electron chi connectivity index (χ1n) is 9.48. The van der Waals surface area contributed by atoms with E-state index < -0.39 is 0 Å². The van der Waals surface area contributed by atoms with Crippen molar-refractivity contribution >= 4 is 21.7 Å². The van der Waals surface area contributed by atoms with Gasteiger partial charge in [0.05, 0.1) is 25.4 Å². The number of methoxy groups -OCH3 is 2. The Morgan fingerprint density at radius 1 is 0.857 bits per heavy atom. The first-order chi connectivity index (χ1) is 13.6. The number of nitrogens with zero attached hydrogens (tertiary/aromatic N) is 2. The zero-order valence-corrected chi connectivity index (χ0v) is 16.7. The minimum absolute atomic E-state index is 0.317. The number of hydrogen-bond acceptors (Lipinski definition) is 4. The molecule has 2 aromatic carbocycles. The summed E-state index contributed by atoms with van der Waals surface area (Å²) in [6, 6.07) is 14.5. The molecule has 0 aliphatic rings. The highest BCUT2D eigenvalue weighted by Crippen LogP contribution is 2.37. The Labute approximate surface area is 165 Å². The van der Waals surface area contributed by atoms with Crippen molar-refractivity contribution < 1.29 is 9.47 Å². The Kier molecular flexibility index (Phi) is 4.86. The summed E-state index contributed by atoms with van der Waals surface area (Å²) in [6.45, 7) is 4.32. The summed E-state index contributed by atoms with van der Waals surface area (Å²) in [5, 5.41) is 3.40. The van der Waals surface area contributed by atoms with Crippen molar-refractivity contribution in [3.8, 4) is 11.5 Å². The van der Waals surface area contributed by atoms with E-state index in [1.54, 1.807) is 14.2 Å².